The largest absolute Gasteiger partial charge is 0.465 e. The fourth-order valence-corrected chi connectivity index (χ4v) is 2.66. The lowest BCUT2D eigenvalue weighted by Crippen LogP contribution is -2.25. The maximum absolute atomic E-state index is 12.2. The van der Waals surface area contributed by atoms with Crippen LogP contribution in [0.1, 0.15) is 34.8 Å². The molecule has 0 radical (unpaired) electrons. The van der Waals surface area contributed by atoms with Gasteiger partial charge in [-0.3, -0.25) is 0 Å². The van der Waals surface area contributed by atoms with Crippen LogP contribution in [0.2, 0.25) is 10.0 Å². The lowest BCUT2D eigenvalue weighted by molar-refractivity contribution is 0.0601. The maximum Gasteiger partial charge on any atom is 0.364 e. The number of nitrogens with zero attached hydrogens (tertiary/aromatic N) is 4. The molecule has 3 rings (SSSR count). The maximum atomic E-state index is 12.2. The molecule has 0 aliphatic heterocycles. The second kappa shape index (κ2) is 5.73. The van der Waals surface area contributed by atoms with Crippen LogP contribution in [0.25, 0.3) is 0 Å². The number of carbonyl (C=O) groups is 1. The van der Waals surface area contributed by atoms with E-state index in [9.17, 15) is 9.59 Å². The molecule has 0 spiro atoms. The molecular formula is C13H12Cl2N4O3. The second-order valence-electron chi connectivity index (χ2n) is 4.97. The first kappa shape index (κ1) is 15.1. The van der Waals surface area contributed by atoms with Gasteiger partial charge in [0, 0.05) is 10.6 Å². The van der Waals surface area contributed by atoms with E-state index < -0.39 is 5.97 Å². The first-order chi connectivity index (χ1) is 10.5. The molecule has 7 nitrogen and oxygen atoms in total. The molecule has 1 aliphatic carbocycles. The highest BCUT2D eigenvalue weighted by molar-refractivity contribution is 6.37. The van der Waals surface area contributed by atoms with Crippen molar-refractivity contribution in [1.29, 1.82) is 0 Å². The Morgan fingerprint density at radius 3 is 2.73 bits per heavy atom. The zero-order chi connectivity index (χ0) is 15.9. The van der Waals surface area contributed by atoms with Gasteiger partial charge in [-0.25, -0.2) is 9.59 Å². The average Bonchev–Trinajstić information content (AvgIpc) is 3.28. The fourth-order valence-electron chi connectivity index (χ4n) is 2.09. The molecular weight excluding hydrogens is 331 g/mol. The monoisotopic (exact) mass is 342 g/mol. The van der Waals surface area contributed by atoms with Gasteiger partial charge in [-0.1, -0.05) is 23.2 Å². The summed E-state index contributed by atoms with van der Waals surface area (Å²) in [6, 6.07) is 3.14. The van der Waals surface area contributed by atoms with Gasteiger partial charge in [0.1, 0.15) is 0 Å². The summed E-state index contributed by atoms with van der Waals surface area (Å²) < 4.78 is 7.19. The van der Waals surface area contributed by atoms with E-state index >= 15 is 0 Å². The summed E-state index contributed by atoms with van der Waals surface area (Å²) in [4.78, 5) is 23.8. The third-order valence-electron chi connectivity index (χ3n) is 3.45. The second-order valence-corrected chi connectivity index (χ2v) is 5.76. The van der Waals surface area contributed by atoms with Crippen LogP contribution >= 0.6 is 23.2 Å². The standard InChI is InChI=1S/C13H12Cl2N4O3/c1-22-12(20)8-4-5-10(14)9(11(8)15)6-18-13(21)19(17-16-18)7-2-3-7/h4-5,7H,2-3,6H2,1H3. The molecule has 1 aromatic heterocycles. The average molecular weight is 343 g/mol. The zero-order valence-corrected chi connectivity index (χ0v) is 13.1. The van der Waals surface area contributed by atoms with Gasteiger partial charge < -0.3 is 4.74 Å². The predicted molar refractivity (Wildman–Crippen MR) is 79.5 cm³/mol. The number of tetrazole rings is 1. The Morgan fingerprint density at radius 2 is 2.09 bits per heavy atom. The molecule has 1 heterocycles. The minimum absolute atomic E-state index is 0.0358. The minimum atomic E-state index is -0.572. The summed E-state index contributed by atoms with van der Waals surface area (Å²) in [7, 11) is 1.26. The van der Waals surface area contributed by atoms with Crippen LogP contribution < -0.4 is 5.69 Å². The number of ether oxygens (including phenoxy) is 1. The molecule has 1 saturated carbocycles. The van der Waals surface area contributed by atoms with Crippen molar-refractivity contribution in [1.82, 2.24) is 19.8 Å². The molecule has 1 aromatic carbocycles. The van der Waals surface area contributed by atoms with Crippen LogP contribution in [0.4, 0.5) is 0 Å². The first-order valence-electron chi connectivity index (χ1n) is 6.60. The normalized spacial score (nSPS) is 14.1. The van der Waals surface area contributed by atoms with Gasteiger partial charge in [0.05, 0.1) is 30.3 Å². The van der Waals surface area contributed by atoms with Crippen LogP contribution in [0.15, 0.2) is 16.9 Å². The van der Waals surface area contributed by atoms with Crippen LogP contribution in [0.3, 0.4) is 0 Å². The van der Waals surface area contributed by atoms with Gasteiger partial charge in [-0.15, -0.1) is 0 Å². The molecule has 0 amide bonds. The summed E-state index contributed by atoms with van der Waals surface area (Å²) >= 11 is 12.3. The smallest absolute Gasteiger partial charge is 0.364 e. The molecule has 9 heteroatoms. The number of aromatic nitrogens is 4. The van der Waals surface area contributed by atoms with Gasteiger partial charge in [0.25, 0.3) is 0 Å². The Morgan fingerprint density at radius 1 is 1.36 bits per heavy atom. The van der Waals surface area contributed by atoms with Crippen LogP contribution in [0.5, 0.6) is 0 Å². The van der Waals surface area contributed by atoms with E-state index in [0.29, 0.717) is 10.6 Å². The number of esters is 1. The van der Waals surface area contributed by atoms with Crippen molar-refractivity contribution >= 4 is 29.2 Å². The number of hydrogen-bond acceptors (Lipinski definition) is 5. The Hall–Kier alpha value is -1.86. The van der Waals surface area contributed by atoms with Crippen molar-refractivity contribution < 1.29 is 9.53 Å². The van der Waals surface area contributed by atoms with E-state index in [1.807, 2.05) is 0 Å². The predicted octanol–water partition coefficient (Wildman–Crippen LogP) is 1.92. The summed E-state index contributed by atoms with van der Waals surface area (Å²) in [5.41, 5.74) is 0.292. The number of rotatable bonds is 4. The zero-order valence-electron chi connectivity index (χ0n) is 11.6. The number of halogens is 2. The van der Waals surface area contributed by atoms with Gasteiger partial charge in [-0.2, -0.15) is 9.36 Å². The number of methoxy groups -OCH3 is 1. The van der Waals surface area contributed by atoms with E-state index in [2.05, 4.69) is 15.2 Å². The summed E-state index contributed by atoms with van der Waals surface area (Å²) in [5, 5.41) is 8.16. The third kappa shape index (κ3) is 2.62. The molecule has 1 aliphatic rings. The van der Waals surface area contributed by atoms with E-state index in [1.165, 1.54) is 28.6 Å². The van der Waals surface area contributed by atoms with Crippen molar-refractivity contribution in [2.75, 3.05) is 7.11 Å². The summed E-state index contributed by atoms with van der Waals surface area (Å²) in [5.74, 6) is -0.572. The minimum Gasteiger partial charge on any atom is -0.465 e. The summed E-state index contributed by atoms with van der Waals surface area (Å²) in [6.07, 6.45) is 1.86. The van der Waals surface area contributed by atoms with Crippen LogP contribution in [0, 0.1) is 0 Å². The summed E-state index contributed by atoms with van der Waals surface area (Å²) in [6.45, 7) is 0.0358. The van der Waals surface area contributed by atoms with E-state index in [1.54, 1.807) is 0 Å². The lowest BCUT2D eigenvalue weighted by Gasteiger charge is -2.09. The fraction of sp³-hybridized carbons (Fsp3) is 0.385. The number of carbonyl (C=O) groups excluding carboxylic acids is 1. The molecule has 0 unspecified atom stereocenters. The number of hydrogen-bond donors (Lipinski definition) is 0. The van der Waals surface area contributed by atoms with Crippen molar-refractivity contribution in [2.45, 2.75) is 25.4 Å². The van der Waals surface area contributed by atoms with Gasteiger partial charge in [0.15, 0.2) is 0 Å². The topological polar surface area (TPSA) is 79.0 Å². The first-order valence-corrected chi connectivity index (χ1v) is 7.36. The molecule has 0 N–H and O–H groups in total. The Labute approximate surface area is 135 Å². The molecule has 116 valence electrons. The van der Waals surface area contributed by atoms with E-state index in [4.69, 9.17) is 23.2 Å². The van der Waals surface area contributed by atoms with Crippen molar-refractivity contribution in [3.05, 3.63) is 43.8 Å². The number of benzene rings is 1. The third-order valence-corrected chi connectivity index (χ3v) is 4.24. The highest BCUT2D eigenvalue weighted by Crippen LogP contribution is 2.32. The molecule has 0 saturated heterocycles. The highest BCUT2D eigenvalue weighted by Gasteiger charge is 2.28. The Kier molecular flexibility index (Phi) is 3.92. The Bertz CT molecular complexity index is 795. The van der Waals surface area contributed by atoms with Crippen LogP contribution in [-0.2, 0) is 11.3 Å². The highest BCUT2D eigenvalue weighted by atomic mass is 35.5. The molecule has 1 fully saturated rings. The van der Waals surface area contributed by atoms with Crippen LogP contribution in [-0.4, -0.2) is 32.9 Å². The molecule has 0 bridgehead atoms. The molecule has 22 heavy (non-hydrogen) atoms. The van der Waals surface area contributed by atoms with Crippen molar-refractivity contribution in [3.8, 4) is 0 Å². The van der Waals surface area contributed by atoms with E-state index in [0.717, 1.165) is 12.8 Å². The molecule has 2 aromatic rings. The van der Waals surface area contributed by atoms with E-state index in [-0.39, 0.29) is 28.9 Å². The van der Waals surface area contributed by atoms with Crippen molar-refractivity contribution in [3.63, 3.8) is 0 Å². The van der Waals surface area contributed by atoms with Gasteiger partial charge in [0.2, 0.25) is 0 Å². The van der Waals surface area contributed by atoms with Gasteiger partial charge in [-0.05, 0) is 35.4 Å². The van der Waals surface area contributed by atoms with Crippen molar-refractivity contribution in [2.24, 2.45) is 0 Å². The van der Waals surface area contributed by atoms with Gasteiger partial charge >= 0.3 is 11.7 Å². The quantitative estimate of drug-likeness (QED) is 0.793. The molecule has 0 atom stereocenters. The SMILES string of the molecule is COC(=O)c1ccc(Cl)c(Cn2nnn(C3CC3)c2=O)c1Cl. The lowest BCUT2D eigenvalue weighted by atomic mass is 10.1. The Balaban J connectivity index is 1.98.